The lowest BCUT2D eigenvalue weighted by Gasteiger charge is -2.27. The molecule has 0 spiro atoms. The maximum absolute atomic E-state index is 12.2. The van der Waals surface area contributed by atoms with E-state index in [1.165, 1.54) is 0 Å². The molecule has 1 saturated carbocycles. The molecule has 1 amide bonds. The molecule has 0 aromatic heterocycles. The summed E-state index contributed by atoms with van der Waals surface area (Å²) in [6.07, 6.45) is 3.74. The summed E-state index contributed by atoms with van der Waals surface area (Å²) in [6.45, 7) is 7.12. The van der Waals surface area contributed by atoms with Crippen LogP contribution in [0.3, 0.4) is 0 Å². The van der Waals surface area contributed by atoms with Crippen molar-refractivity contribution >= 4 is 12.1 Å². The summed E-state index contributed by atoms with van der Waals surface area (Å²) in [7, 11) is 1.58. The Bertz CT molecular complexity index is 706. The average molecular weight is 408 g/mol. The van der Waals surface area contributed by atoms with E-state index in [-0.39, 0.29) is 12.5 Å². The van der Waals surface area contributed by atoms with Crippen molar-refractivity contribution in [2.24, 2.45) is 0 Å². The molecule has 0 heterocycles. The zero-order valence-corrected chi connectivity index (χ0v) is 18.0. The maximum atomic E-state index is 12.2. The van der Waals surface area contributed by atoms with Gasteiger partial charge in [-0.05, 0) is 71.1 Å². The first-order valence-electron chi connectivity index (χ1n) is 10.1. The Hall–Kier alpha value is -2.44. The van der Waals surface area contributed by atoms with Crippen LogP contribution in [-0.4, -0.2) is 42.0 Å². The first-order valence-corrected chi connectivity index (χ1v) is 10.1. The quantitative estimate of drug-likeness (QED) is 0.659. The van der Waals surface area contributed by atoms with Gasteiger partial charge in [0.2, 0.25) is 0 Å². The predicted octanol–water partition coefficient (Wildman–Crippen LogP) is 4.49. The Morgan fingerprint density at radius 1 is 1.21 bits per heavy atom. The minimum absolute atomic E-state index is 0.133. The number of methoxy groups -OCH3 is 1. The molecule has 1 aromatic rings. The normalized spacial score (nSPS) is 16.7. The minimum Gasteiger partial charge on any atom is -0.493 e. The Morgan fingerprint density at radius 2 is 1.86 bits per heavy atom. The van der Waals surface area contributed by atoms with Gasteiger partial charge in [-0.25, -0.2) is 4.79 Å². The molecule has 0 saturated heterocycles. The summed E-state index contributed by atoms with van der Waals surface area (Å²) in [6, 6.07) is 4.99. The molecular weight excluding hydrogens is 374 g/mol. The van der Waals surface area contributed by atoms with Crippen LogP contribution in [-0.2, 0) is 9.53 Å². The lowest BCUT2D eigenvalue weighted by atomic mass is 9.89. The van der Waals surface area contributed by atoms with Gasteiger partial charge >= 0.3 is 12.1 Å². The fourth-order valence-corrected chi connectivity index (χ4v) is 3.57. The van der Waals surface area contributed by atoms with Gasteiger partial charge in [0.1, 0.15) is 5.60 Å². The van der Waals surface area contributed by atoms with Gasteiger partial charge in [-0.15, -0.1) is 0 Å². The van der Waals surface area contributed by atoms with E-state index < -0.39 is 29.6 Å². The van der Waals surface area contributed by atoms with E-state index in [1.54, 1.807) is 40.9 Å². The predicted molar refractivity (Wildman–Crippen MR) is 110 cm³/mol. The molecule has 2 unspecified atom stereocenters. The lowest BCUT2D eigenvalue weighted by Crippen LogP contribution is -2.41. The molecule has 29 heavy (non-hydrogen) atoms. The molecule has 7 nitrogen and oxygen atoms in total. The second kappa shape index (κ2) is 9.85. The van der Waals surface area contributed by atoms with Gasteiger partial charge < -0.3 is 24.6 Å². The van der Waals surface area contributed by atoms with Crippen LogP contribution in [0.25, 0.3) is 0 Å². The number of nitrogens with one attached hydrogen (secondary N) is 1. The minimum atomic E-state index is -0.943. The Morgan fingerprint density at radius 3 is 2.41 bits per heavy atom. The summed E-state index contributed by atoms with van der Waals surface area (Å²) in [5.74, 6) is -0.169. The molecule has 2 N–H and O–H groups in total. The third kappa shape index (κ3) is 7.15. The van der Waals surface area contributed by atoms with Crippen molar-refractivity contribution in [3.05, 3.63) is 23.8 Å². The lowest BCUT2D eigenvalue weighted by molar-refractivity contribution is -0.137. The molecule has 7 heteroatoms. The third-order valence-corrected chi connectivity index (χ3v) is 4.95. The fourth-order valence-electron chi connectivity index (χ4n) is 3.57. The molecule has 1 aliphatic carbocycles. The van der Waals surface area contributed by atoms with Gasteiger partial charge in [0.15, 0.2) is 11.5 Å². The summed E-state index contributed by atoms with van der Waals surface area (Å²) in [5, 5.41) is 12.2. The van der Waals surface area contributed by atoms with E-state index in [4.69, 9.17) is 14.2 Å². The Labute approximate surface area is 172 Å². The summed E-state index contributed by atoms with van der Waals surface area (Å²) >= 11 is 0. The zero-order chi connectivity index (χ0) is 21.6. The zero-order valence-electron chi connectivity index (χ0n) is 18.0. The molecule has 0 radical (unpaired) electrons. The van der Waals surface area contributed by atoms with Crippen LogP contribution in [0.4, 0.5) is 4.79 Å². The van der Waals surface area contributed by atoms with Crippen LogP contribution in [0.15, 0.2) is 18.2 Å². The number of amides is 1. The monoisotopic (exact) mass is 407 g/mol. The number of alkyl carbamates (subject to hydrolysis) is 1. The summed E-state index contributed by atoms with van der Waals surface area (Å²) in [4.78, 5) is 23.7. The van der Waals surface area contributed by atoms with Gasteiger partial charge in [-0.2, -0.15) is 0 Å². The van der Waals surface area contributed by atoms with Crippen molar-refractivity contribution in [3.8, 4) is 11.5 Å². The molecule has 162 valence electrons. The second-order valence-corrected chi connectivity index (χ2v) is 8.57. The van der Waals surface area contributed by atoms with Gasteiger partial charge in [-0.3, -0.25) is 4.79 Å². The van der Waals surface area contributed by atoms with E-state index in [0.29, 0.717) is 11.5 Å². The number of aliphatic carboxylic acids is 1. The number of benzene rings is 1. The molecule has 0 aliphatic heterocycles. The highest BCUT2D eigenvalue weighted by Gasteiger charge is 2.27. The highest BCUT2D eigenvalue weighted by Crippen LogP contribution is 2.36. The van der Waals surface area contributed by atoms with Crippen molar-refractivity contribution in [2.45, 2.75) is 83.5 Å². The summed E-state index contributed by atoms with van der Waals surface area (Å²) in [5.41, 5.74) is 0.138. The second-order valence-electron chi connectivity index (χ2n) is 8.57. The van der Waals surface area contributed by atoms with Gasteiger partial charge in [0, 0.05) is 12.0 Å². The Kier molecular flexibility index (Phi) is 7.76. The smallest absolute Gasteiger partial charge is 0.407 e. The van der Waals surface area contributed by atoms with E-state index in [2.05, 4.69) is 5.32 Å². The number of hydrogen-bond donors (Lipinski definition) is 2. The molecule has 1 aliphatic rings. The third-order valence-electron chi connectivity index (χ3n) is 4.95. The van der Waals surface area contributed by atoms with Crippen molar-refractivity contribution in [2.75, 3.05) is 7.11 Å². The largest absolute Gasteiger partial charge is 0.493 e. The van der Waals surface area contributed by atoms with Gasteiger partial charge in [-0.1, -0.05) is 6.07 Å². The number of rotatable bonds is 8. The van der Waals surface area contributed by atoms with Crippen molar-refractivity contribution in [1.82, 2.24) is 5.32 Å². The van der Waals surface area contributed by atoms with Crippen LogP contribution >= 0.6 is 0 Å². The highest BCUT2D eigenvalue weighted by atomic mass is 16.6. The van der Waals surface area contributed by atoms with E-state index in [9.17, 15) is 14.7 Å². The van der Waals surface area contributed by atoms with E-state index in [0.717, 1.165) is 31.2 Å². The summed E-state index contributed by atoms with van der Waals surface area (Å²) < 4.78 is 16.9. The Balaban J connectivity index is 2.23. The first-order chi connectivity index (χ1) is 13.6. The topological polar surface area (TPSA) is 94.1 Å². The molecule has 0 bridgehead atoms. The molecule has 1 fully saturated rings. The average Bonchev–Trinajstić information content (AvgIpc) is 3.10. The standard InChI is InChI=1S/C22H33NO6/c1-14(23-21(26)29-22(2,3)4)17(13-20(24)25)15-10-11-18(27-5)19(12-15)28-16-8-6-7-9-16/h10-12,14,16-17H,6-9,13H2,1-5H3,(H,23,26)(H,24,25). The fraction of sp³-hybridized carbons (Fsp3) is 0.636. The van der Waals surface area contributed by atoms with Gasteiger partial charge in [0.25, 0.3) is 0 Å². The van der Waals surface area contributed by atoms with Crippen molar-refractivity contribution < 1.29 is 28.9 Å². The number of carboxylic acids is 1. The molecule has 1 aromatic carbocycles. The van der Waals surface area contributed by atoms with Gasteiger partial charge in [0.05, 0.1) is 19.6 Å². The number of carbonyl (C=O) groups is 2. The number of hydrogen-bond acceptors (Lipinski definition) is 5. The van der Waals surface area contributed by atoms with Crippen LogP contribution in [0.1, 0.15) is 71.3 Å². The van der Waals surface area contributed by atoms with E-state index >= 15 is 0 Å². The van der Waals surface area contributed by atoms with E-state index in [1.807, 2.05) is 12.1 Å². The number of ether oxygens (including phenoxy) is 3. The SMILES string of the molecule is COc1ccc(C(CC(=O)O)C(C)NC(=O)OC(C)(C)C)cc1OC1CCCC1. The molecular formula is C22H33NO6. The van der Waals surface area contributed by atoms with Crippen LogP contribution < -0.4 is 14.8 Å². The first kappa shape index (κ1) is 22.8. The van der Waals surface area contributed by atoms with Crippen molar-refractivity contribution in [3.63, 3.8) is 0 Å². The maximum Gasteiger partial charge on any atom is 0.407 e. The number of carboxylic acid groups (broad SMARTS) is 1. The van der Waals surface area contributed by atoms with Crippen LogP contribution in [0.2, 0.25) is 0 Å². The molecule has 2 atom stereocenters. The van der Waals surface area contributed by atoms with Crippen LogP contribution in [0, 0.1) is 0 Å². The van der Waals surface area contributed by atoms with Crippen molar-refractivity contribution in [1.29, 1.82) is 0 Å². The number of carbonyl (C=O) groups excluding carboxylic acids is 1. The highest BCUT2D eigenvalue weighted by molar-refractivity contribution is 5.70. The van der Waals surface area contributed by atoms with Crippen LogP contribution in [0.5, 0.6) is 11.5 Å². The molecule has 2 rings (SSSR count).